The molecule has 6 aromatic carbocycles. The van der Waals surface area contributed by atoms with Crippen molar-refractivity contribution in [3.05, 3.63) is 167 Å². The predicted octanol–water partition coefficient (Wildman–Crippen LogP) is 14.1. The number of nitrogens with zero attached hydrogens (tertiary/aromatic N) is 3. The quantitative estimate of drug-likeness (QED) is 0.123. The fourth-order valence-corrected chi connectivity index (χ4v) is 10.9. The van der Waals surface area contributed by atoms with Gasteiger partial charge >= 0.3 is 0 Å². The number of rotatable bonds is 6. The van der Waals surface area contributed by atoms with Gasteiger partial charge in [0.1, 0.15) is 5.82 Å². The largest absolute Gasteiger partial charge is 0.333 e. The van der Waals surface area contributed by atoms with Gasteiger partial charge in [-0.05, 0) is 124 Å². The zero-order valence-electron chi connectivity index (χ0n) is 36.0. The van der Waals surface area contributed by atoms with Crippen LogP contribution in [0.4, 0.5) is 4.39 Å². The van der Waals surface area contributed by atoms with Crippen molar-refractivity contribution >= 4 is 55.8 Å². The molecule has 0 saturated carbocycles. The molecule has 0 bridgehead atoms. The Labute approximate surface area is 367 Å². The van der Waals surface area contributed by atoms with E-state index < -0.39 is 14.0 Å². The average molecular weight is 987 g/mol. The number of hydrogen-bond donors (Lipinski definition) is 0. The summed E-state index contributed by atoms with van der Waals surface area (Å²) in [6.07, 6.45) is 1.98. The van der Waals surface area contributed by atoms with Gasteiger partial charge in [0.15, 0.2) is 0 Å². The number of para-hydroxylation sites is 3. The van der Waals surface area contributed by atoms with Crippen LogP contribution < -0.4 is 5.19 Å². The molecule has 9 rings (SSSR count). The Hall–Kier alpha value is -5.04. The summed E-state index contributed by atoms with van der Waals surface area (Å²) in [7, 11) is -1.50. The van der Waals surface area contributed by atoms with Crippen molar-refractivity contribution in [1.82, 2.24) is 14.5 Å². The molecule has 0 amide bonds. The molecular weight excluding hydrogens is 938 g/mol. The summed E-state index contributed by atoms with van der Waals surface area (Å²) in [5.74, 6) is 0.0983. The molecule has 0 atom stereocenters. The van der Waals surface area contributed by atoms with Crippen molar-refractivity contribution < 1.29 is 25.9 Å². The van der Waals surface area contributed by atoms with E-state index in [1.807, 2.05) is 70.3 Å². The molecule has 0 unspecified atom stereocenters. The van der Waals surface area contributed by atoms with Crippen LogP contribution in [0.25, 0.3) is 70.7 Å². The molecule has 0 aliphatic carbocycles. The van der Waals surface area contributed by atoms with Gasteiger partial charge < -0.3 is 9.55 Å². The summed E-state index contributed by atoms with van der Waals surface area (Å²) in [5, 5.41) is 3.65. The number of aromatic nitrogens is 3. The van der Waals surface area contributed by atoms with Gasteiger partial charge in [-0.1, -0.05) is 92.5 Å². The molecule has 9 aromatic rings. The summed E-state index contributed by atoms with van der Waals surface area (Å²) < 4.78 is 27.1. The van der Waals surface area contributed by atoms with Crippen LogP contribution in [0.15, 0.2) is 121 Å². The van der Waals surface area contributed by atoms with Crippen molar-refractivity contribution in [3.63, 3.8) is 0 Å². The van der Waals surface area contributed by atoms with Gasteiger partial charge in [-0.3, -0.25) is 4.98 Å². The number of imidazole rings is 1. The van der Waals surface area contributed by atoms with Crippen molar-refractivity contribution in [1.29, 1.82) is 0 Å². The Bertz CT molecular complexity index is 2990. The van der Waals surface area contributed by atoms with Gasteiger partial charge in [-0.2, -0.15) is 11.3 Å². The number of fused-ring (bicyclic) bond motifs is 4. The molecule has 0 saturated heterocycles. The van der Waals surface area contributed by atoms with E-state index in [0.29, 0.717) is 0 Å². The number of hydrogen-bond acceptors (Lipinski definition) is 3. The third kappa shape index (κ3) is 8.14. The normalized spacial score (nSPS) is 12.0. The molecule has 3 aromatic heterocycles. The molecule has 1 radical (unpaired) electrons. The van der Waals surface area contributed by atoms with Crippen molar-refractivity contribution in [2.75, 3.05) is 0 Å². The molecule has 0 spiro atoms. The zero-order chi connectivity index (χ0) is 41.8. The first-order chi connectivity index (χ1) is 28.1. The average Bonchev–Trinajstić information content (AvgIpc) is 3.76. The fourth-order valence-electron chi connectivity index (χ4n) is 8.17. The topological polar surface area (TPSA) is 30.7 Å². The molecule has 0 aliphatic heterocycles. The van der Waals surface area contributed by atoms with Crippen LogP contribution in [-0.2, 0) is 20.1 Å². The summed E-state index contributed by atoms with van der Waals surface area (Å²) in [6, 6.07) is 45.4. The Balaban J connectivity index is 0.000000220. The second-order valence-corrected chi connectivity index (χ2v) is 22.6. The summed E-state index contributed by atoms with van der Waals surface area (Å²) >= 11 is 1.78. The number of benzene rings is 6. The van der Waals surface area contributed by atoms with Crippen LogP contribution in [0.2, 0.25) is 19.6 Å². The van der Waals surface area contributed by atoms with Crippen LogP contribution in [0, 0.1) is 45.6 Å². The van der Waals surface area contributed by atoms with E-state index in [-0.39, 0.29) is 25.9 Å². The minimum atomic E-state index is -1.50. The number of aryl methyl sites for hydroxylation is 4. The van der Waals surface area contributed by atoms with Crippen molar-refractivity contribution in [3.8, 4) is 39.5 Å². The van der Waals surface area contributed by atoms with Crippen LogP contribution in [0.1, 0.15) is 48.9 Å². The maximum atomic E-state index is 14.0. The van der Waals surface area contributed by atoms with Gasteiger partial charge in [-0.25, -0.2) is 4.39 Å². The number of pyridine rings is 1. The summed E-state index contributed by atoms with van der Waals surface area (Å²) in [6.45, 7) is 19.1. The minimum Gasteiger partial charge on any atom is -0.333 e. The maximum absolute atomic E-state index is 14.0. The van der Waals surface area contributed by atoms with E-state index in [4.69, 9.17) is 6.35 Å². The van der Waals surface area contributed by atoms with Crippen LogP contribution in [0.3, 0.4) is 0 Å². The monoisotopic (exact) mass is 987 g/mol. The predicted molar refractivity (Wildman–Crippen MR) is 248 cm³/mol. The molecule has 3 nitrogen and oxygen atoms in total. The van der Waals surface area contributed by atoms with Gasteiger partial charge in [0.05, 0.1) is 24.9 Å². The first kappa shape index (κ1) is 40.7. The third-order valence-corrected chi connectivity index (χ3v) is 14.1. The van der Waals surface area contributed by atoms with Crippen molar-refractivity contribution in [2.45, 2.75) is 67.1 Å². The second-order valence-electron chi connectivity index (χ2n) is 16.5. The summed E-state index contributed by atoms with van der Waals surface area (Å²) in [5.41, 5.74) is 13.7. The standard InChI is InChI=1S/C35H26FN2S.C17H22NSi.Ir/c1-20-9-7-10-21(2)33(20)38-30-14-6-5-13-29(30)37-35(38)27-12-8-11-26-28-19-24(15-16-31(28)39-34(26)27)32-22(3)17-25(36)18-23(32)4;1-13(2)15-11-16(14-9-7-6-8-10-14)18-12-17(15)19(3,4)5;/h5-11,13-19H,1-4H3;6-9,11-13H,1-5H3;/q2*-1;/i;13D;. The van der Waals surface area contributed by atoms with E-state index in [2.05, 4.69) is 122 Å². The zero-order valence-corrected chi connectivity index (χ0v) is 39.2. The second kappa shape index (κ2) is 16.9. The van der Waals surface area contributed by atoms with Gasteiger partial charge in [0.2, 0.25) is 0 Å². The number of halogens is 1. The molecule has 0 fully saturated rings. The first-order valence-electron chi connectivity index (χ1n) is 20.3. The van der Waals surface area contributed by atoms with E-state index >= 15 is 0 Å². The van der Waals surface area contributed by atoms with Gasteiger partial charge in [-0.15, -0.1) is 54.1 Å². The maximum Gasteiger partial charge on any atom is 0.123 e. The van der Waals surface area contributed by atoms with E-state index in [0.717, 1.165) is 67.2 Å². The summed E-state index contributed by atoms with van der Waals surface area (Å²) in [4.78, 5) is 9.77. The molecule has 59 heavy (non-hydrogen) atoms. The molecule has 0 aliphatic rings. The molecule has 0 N–H and O–H groups in total. The minimum absolute atomic E-state index is 0. The number of thiophene rings is 1. The van der Waals surface area contributed by atoms with Crippen LogP contribution in [-0.4, -0.2) is 22.6 Å². The van der Waals surface area contributed by atoms with Gasteiger partial charge in [0.25, 0.3) is 0 Å². The van der Waals surface area contributed by atoms with Crippen molar-refractivity contribution in [2.24, 2.45) is 0 Å². The SMILES string of the molecule is Cc1cc(F)cc(C)c1-c1ccc2sc3c(-c4nc5ccccc5n4-c4c(C)cccc4C)[c-]ccc3c2c1.[2H]C(C)(C)c1cc(-c2[c-]cccc2)ncc1[Si](C)(C)C.[Ir]. The third-order valence-electron chi connectivity index (χ3n) is 10.9. The van der Waals surface area contributed by atoms with Crippen LogP contribution in [0.5, 0.6) is 0 Å². The van der Waals surface area contributed by atoms with E-state index in [1.165, 1.54) is 36.5 Å². The Kier molecular flexibility index (Phi) is 11.7. The Morgan fingerprint density at radius 1 is 0.763 bits per heavy atom. The Morgan fingerprint density at radius 2 is 1.47 bits per heavy atom. The van der Waals surface area contributed by atoms with E-state index in [1.54, 1.807) is 23.5 Å². The molecule has 299 valence electrons. The first-order valence-corrected chi connectivity index (χ1v) is 24.1. The smallest absolute Gasteiger partial charge is 0.123 e. The molecular formula is C52H48FIrN3SSi-2. The Morgan fingerprint density at radius 3 is 2.15 bits per heavy atom. The molecule has 7 heteroatoms. The van der Waals surface area contributed by atoms with E-state index in [9.17, 15) is 4.39 Å². The van der Waals surface area contributed by atoms with Crippen LogP contribution >= 0.6 is 11.3 Å². The fraction of sp³-hybridized carbons (Fsp3) is 0.192. The molecule has 3 heterocycles. The van der Waals surface area contributed by atoms with Gasteiger partial charge in [0, 0.05) is 38.1 Å².